The van der Waals surface area contributed by atoms with Crippen molar-refractivity contribution in [3.05, 3.63) is 30.0 Å². The van der Waals surface area contributed by atoms with Crippen LogP contribution < -0.4 is 0 Å². The first-order valence-electron chi connectivity index (χ1n) is 7.66. The molecule has 0 spiro atoms. The van der Waals surface area contributed by atoms with Crippen molar-refractivity contribution in [1.29, 1.82) is 0 Å². The van der Waals surface area contributed by atoms with Gasteiger partial charge in [-0.3, -0.25) is 0 Å². The van der Waals surface area contributed by atoms with Crippen molar-refractivity contribution in [2.45, 2.75) is 6.42 Å². The van der Waals surface area contributed by atoms with Gasteiger partial charge in [-0.15, -0.1) is 0 Å². The second-order valence-electron chi connectivity index (χ2n) is 3.42. The molecule has 1 heterocycles. The fourth-order valence-electron chi connectivity index (χ4n) is 1.66. The molecular formula is C12H16N2O. The molecule has 1 aromatic carbocycles. The summed E-state index contributed by atoms with van der Waals surface area (Å²) in [4.78, 5) is 3.48. The lowest BCUT2D eigenvalue weighted by Crippen LogP contribution is -2.14. The Morgan fingerprint density at radius 1 is 1.47 bits per heavy atom. The van der Waals surface area contributed by atoms with E-state index < -0.39 is 14.0 Å². The van der Waals surface area contributed by atoms with Crippen LogP contribution in [0.25, 0.3) is 10.9 Å². The van der Waals surface area contributed by atoms with E-state index in [0.717, 1.165) is 5.52 Å². The van der Waals surface area contributed by atoms with Gasteiger partial charge in [-0.1, -0.05) is 6.07 Å². The average molecular weight is 210 g/mol. The highest BCUT2D eigenvalue weighted by Gasteiger charge is 2.07. The topological polar surface area (TPSA) is 39.3 Å². The Hall–Kier alpha value is -1.48. The van der Waals surface area contributed by atoms with Gasteiger partial charge in [-0.25, -0.2) is 0 Å². The van der Waals surface area contributed by atoms with Gasteiger partial charge in [0.2, 0.25) is 0 Å². The van der Waals surface area contributed by atoms with Crippen LogP contribution in [0.4, 0.5) is 0 Å². The Bertz CT molecular complexity index is 617. The molecule has 0 amide bonds. The van der Waals surface area contributed by atoms with Gasteiger partial charge in [0, 0.05) is 31.9 Å². The third-order valence-electron chi connectivity index (χ3n) is 2.37. The molecule has 0 atom stereocenters. The van der Waals surface area contributed by atoms with Crippen LogP contribution in [-0.4, -0.2) is 35.5 Å². The summed E-state index contributed by atoms with van der Waals surface area (Å²) in [7, 11) is 0. The molecule has 15 heavy (non-hydrogen) atoms. The number of phenols is 1. The van der Waals surface area contributed by atoms with Crippen LogP contribution in [0, 0.1) is 0 Å². The van der Waals surface area contributed by atoms with Crippen molar-refractivity contribution >= 4 is 10.9 Å². The number of hydrogen-bond donors (Lipinski definition) is 2. The zero-order valence-corrected chi connectivity index (χ0v) is 8.12. The largest absolute Gasteiger partial charge is 0.507 e. The van der Waals surface area contributed by atoms with Crippen molar-refractivity contribution in [3.8, 4) is 5.75 Å². The van der Waals surface area contributed by atoms with Gasteiger partial charge in [-0.2, -0.15) is 0 Å². The summed E-state index contributed by atoms with van der Waals surface area (Å²) < 4.78 is 43.9. The number of H-pyrrole nitrogens is 1. The Morgan fingerprint density at radius 2 is 2.33 bits per heavy atom. The summed E-state index contributed by atoms with van der Waals surface area (Å²) in [5.41, 5.74) is 1.40. The molecule has 3 nitrogen and oxygen atoms in total. The van der Waals surface area contributed by atoms with Gasteiger partial charge in [-0.05, 0) is 38.1 Å². The molecule has 0 aliphatic carbocycles. The number of likely N-dealkylation sites (N-methyl/N-ethyl adjacent to an activating group) is 1. The molecule has 0 radical (unpaired) electrons. The van der Waals surface area contributed by atoms with Crippen LogP contribution in [0.5, 0.6) is 5.75 Å². The molecular weight excluding hydrogens is 188 g/mol. The standard InChI is InChI=1S/C12H16N2O/c1-14(2)7-6-9-8-13-10-4-3-5-11(15)12(9)10/h3-5,8,13,15H,6-7H2,1-2H3/i1D3,2D3. The maximum absolute atomic E-state index is 9.87. The van der Waals surface area contributed by atoms with Gasteiger partial charge in [0.15, 0.2) is 0 Å². The number of hydrogen-bond acceptors (Lipinski definition) is 2. The predicted molar refractivity (Wildman–Crippen MR) is 62.2 cm³/mol. The maximum atomic E-state index is 9.87. The van der Waals surface area contributed by atoms with Crippen molar-refractivity contribution in [2.75, 3.05) is 20.5 Å². The Balaban J connectivity index is 2.25. The van der Waals surface area contributed by atoms with Gasteiger partial charge in [0.1, 0.15) is 5.75 Å². The molecule has 0 unspecified atom stereocenters. The molecule has 0 aliphatic heterocycles. The molecule has 80 valence electrons. The lowest BCUT2D eigenvalue weighted by atomic mass is 10.1. The average Bonchev–Trinajstić information content (AvgIpc) is 2.70. The van der Waals surface area contributed by atoms with Crippen LogP contribution in [0.1, 0.15) is 13.8 Å². The highest BCUT2D eigenvalue weighted by atomic mass is 16.3. The lowest BCUT2D eigenvalue weighted by molar-refractivity contribution is 0.414. The molecule has 1 aromatic heterocycles. The number of nitrogens with one attached hydrogen (secondary N) is 1. The smallest absolute Gasteiger partial charge is 0.125 e. The summed E-state index contributed by atoms with van der Waals surface area (Å²) in [6, 6.07) is 5.00. The van der Waals surface area contributed by atoms with Gasteiger partial charge < -0.3 is 15.0 Å². The quantitative estimate of drug-likeness (QED) is 0.813. The first-order valence-corrected chi connectivity index (χ1v) is 4.66. The number of nitrogens with zero attached hydrogens (tertiary/aromatic N) is 1. The van der Waals surface area contributed by atoms with Crippen LogP contribution in [0.3, 0.4) is 0 Å². The van der Waals surface area contributed by atoms with Gasteiger partial charge >= 0.3 is 0 Å². The number of rotatable bonds is 3. The number of benzene rings is 1. The lowest BCUT2D eigenvalue weighted by Gasteiger charge is -2.08. The van der Waals surface area contributed by atoms with E-state index in [1.807, 2.05) is 0 Å². The second-order valence-corrected chi connectivity index (χ2v) is 3.42. The van der Waals surface area contributed by atoms with E-state index in [1.54, 1.807) is 18.3 Å². The van der Waals surface area contributed by atoms with Crippen LogP contribution >= 0.6 is 0 Å². The van der Waals surface area contributed by atoms with E-state index >= 15 is 0 Å². The fraction of sp³-hybridized carbons (Fsp3) is 0.333. The summed E-state index contributed by atoms with van der Waals surface area (Å²) in [6.45, 7) is -5.55. The third kappa shape index (κ3) is 1.97. The number of fused-ring (bicyclic) bond motifs is 1. The zero-order valence-electron chi connectivity index (χ0n) is 14.1. The molecule has 3 heteroatoms. The zero-order chi connectivity index (χ0) is 15.8. The molecule has 2 N–H and O–H groups in total. The van der Waals surface area contributed by atoms with E-state index in [4.69, 9.17) is 8.22 Å². The normalized spacial score (nSPS) is 19.0. The highest BCUT2D eigenvalue weighted by molar-refractivity contribution is 5.88. The Morgan fingerprint density at radius 3 is 3.13 bits per heavy atom. The van der Waals surface area contributed by atoms with Crippen LogP contribution in [0.2, 0.25) is 0 Å². The fourth-order valence-corrected chi connectivity index (χ4v) is 1.66. The minimum Gasteiger partial charge on any atom is -0.507 e. The highest BCUT2D eigenvalue weighted by Crippen LogP contribution is 2.27. The van der Waals surface area contributed by atoms with Crippen LogP contribution in [-0.2, 0) is 6.42 Å². The SMILES string of the molecule is [2H]C([2H])([2H])N(CCc1c[nH]c2cccc(O)c12)C([2H])([2H])[2H]. The molecule has 2 rings (SSSR count). The van der Waals surface area contributed by atoms with Crippen molar-refractivity contribution < 1.29 is 13.3 Å². The summed E-state index contributed by atoms with van der Waals surface area (Å²) in [5, 5.41) is 10.5. The van der Waals surface area contributed by atoms with Crippen molar-refractivity contribution in [2.24, 2.45) is 0 Å². The Kier molecular flexibility index (Phi) is 1.32. The minimum atomic E-state index is -2.70. The predicted octanol–water partition coefficient (Wildman–Crippen LogP) is 1.98. The van der Waals surface area contributed by atoms with Crippen molar-refractivity contribution in [1.82, 2.24) is 9.88 Å². The van der Waals surface area contributed by atoms with E-state index in [2.05, 4.69) is 4.98 Å². The minimum absolute atomic E-state index is 0.0815. The molecule has 0 saturated heterocycles. The maximum Gasteiger partial charge on any atom is 0.125 e. The number of aromatic nitrogens is 1. The second kappa shape index (κ2) is 3.95. The molecule has 0 saturated carbocycles. The van der Waals surface area contributed by atoms with E-state index in [9.17, 15) is 5.11 Å². The van der Waals surface area contributed by atoms with E-state index in [1.165, 1.54) is 6.07 Å². The molecule has 0 fully saturated rings. The number of aromatic hydroxyl groups is 1. The molecule has 2 aromatic rings. The van der Waals surface area contributed by atoms with Gasteiger partial charge in [0.05, 0.1) is 0 Å². The summed E-state index contributed by atoms with van der Waals surface area (Å²) in [5.74, 6) is 0.0815. The molecule has 0 aliphatic rings. The third-order valence-corrected chi connectivity index (χ3v) is 2.37. The monoisotopic (exact) mass is 210 g/mol. The number of aromatic amines is 1. The first-order chi connectivity index (χ1) is 9.60. The first kappa shape index (κ1) is 5.03. The van der Waals surface area contributed by atoms with E-state index in [0.29, 0.717) is 15.8 Å². The van der Waals surface area contributed by atoms with Crippen molar-refractivity contribution in [3.63, 3.8) is 0 Å². The Labute approximate surface area is 97.8 Å². The number of phenolic OH excluding ortho intramolecular Hbond substituents is 1. The van der Waals surface area contributed by atoms with Crippen LogP contribution in [0.15, 0.2) is 24.4 Å². The summed E-state index contributed by atoms with van der Waals surface area (Å²) in [6.07, 6.45) is 1.86. The van der Waals surface area contributed by atoms with Gasteiger partial charge in [0.25, 0.3) is 0 Å². The van der Waals surface area contributed by atoms with E-state index in [-0.39, 0.29) is 18.7 Å². The summed E-state index contributed by atoms with van der Waals surface area (Å²) >= 11 is 0. The molecule has 0 bridgehead atoms.